The highest BCUT2D eigenvalue weighted by atomic mass is 16.7. The number of esters is 2. The minimum Gasteiger partial charge on any atom is -0.492 e. The second-order valence-corrected chi connectivity index (χ2v) is 12.6. The Bertz CT molecular complexity index is 2190. The van der Waals surface area contributed by atoms with E-state index < -0.39 is 48.5 Å². The van der Waals surface area contributed by atoms with Crippen LogP contribution in [0.5, 0.6) is 11.5 Å². The van der Waals surface area contributed by atoms with Crippen molar-refractivity contribution in [3.8, 4) is 33.8 Å². The maximum absolute atomic E-state index is 12.6. The molecule has 12 heteroatoms. The summed E-state index contributed by atoms with van der Waals surface area (Å²) >= 11 is 0. The van der Waals surface area contributed by atoms with Gasteiger partial charge in [-0.1, -0.05) is 128 Å². The molecular weight excluding hydrogens is 728 g/mol. The molecule has 2 amide bonds. The molecule has 0 saturated heterocycles. The van der Waals surface area contributed by atoms with Crippen LogP contribution in [0.25, 0.3) is 22.3 Å². The minimum absolute atomic E-state index is 0.200. The van der Waals surface area contributed by atoms with Crippen LogP contribution >= 0.6 is 0 Å². The van der Waals surface area contributed by atoms with Crippen LogP contribution in [0, 0.1) is 6.92 Å². The molecule has 57 heavy (non-hydrogen) atoms. The van der Waals surface area contributed by atoms with Crippen molar-refractivity contribution >= 4 is 24.1 Å². The molecule has 0 aromatic heterocycles. The number of nitrogens with two attached hydrogens (primary N) is 2. The van der Waals surface area contributed by atoms with E-state index in [0.29, 0.717) is 28.2 Å². The van der Waals surface area contributed by atoms with E-state index in [-0.39, 0.29) is 13.2 Å². The first-order valence-corrected chi connectivity index (χ1v) is 17.8. The number of amides is 2. The highest BCUT2D eigenvalue weighted by Crippen LogP contribution is 2.36. The number of rotatable bonds is 18. The molecule has 292 valence electrons. The van der Waals surface area contributed by atoms with E-state index in [1.54, 1.807) is 43.3 Å². The summed E-state index contributed by atoms with van der Waals surface area (Å²) in [6.07, 6.45) is -3.79. The van der Waals surface area contributed by atoms with Crippen molar-refractivity contribution in [3.63, 3.8) is 0 Å². The monoisotopic (exact) mass is 770 g/mol. The average Bonchev–Trinajstić information content (AvgIpc) is 3.22. The lowest BCUT2D eigenvalue weighted by molar-refractivity contribution is -0.167. The van der Waals surface area contributed by atoms with E-state index in [1.165, 1.54) is 0 Å². The molecule has 4 N–H and O–H groups in total. The molecule has 5 aromatic rings. The second-order valence-electron chi connectivity index (χ2n) is 12.6. The van der Waals surface area contributed by atoms with Crippen molar-refractivity contribution in [1.29, 1.82) is 0 Å². The summed E-state index contributed by atoms with van der Waals surface area (Å²) in [4.78, 5) is 49.8. The molecule has 0 aliphatic rings. The van der Waals surface area contributed by atoms with Crippen molar-refractivity contribution in [1.82, 2.24) is 0 Å². The zero-order chi connectivity index (χ0) is 40.7. The lowest BCUT2D eigenvalue weighted by Crippen LogP contribution is -2.36. The SMILES string of the molecule is C=CC(=O)OC(OC(N)=O)C(COc1ccccc1-c1ccccc1)c1ccc(C)c(C(COc2ccccc2-c2ccccc2)C(OC(N)=O)OC(=O)C=C)c1. The van der Waals surface area contributed by atoms with Gasteiger partial charge in [0.2, 0.25) is 0 Å². The van der Waals surface area contributed by atoms with E-state index in [2.05, 4.69) is 13.2 Å². The molecule has 5 rings (SSSR count). The number of hydrogen-bond donors (Lipinski definition) is 2. The Balaban J connectivity index is 1.61. The van der Waals surface area contributed by atoms with E-state index in [0.717, 1.165) is 34.4 Å². The Kier molecular flexibility index (Phi) is 14.2. The van der Waals surface area contributed by atoms with Crippen LogP contribution in [0.2, 0.25) is 0 Å². The van der Waals surface area contributed by atoms with Gasteiger partial charge >= 0.3 is 24.1 Å². The van der Waals surface area contributed by atoms with Crippen LogP contribution in [0.3, 0.4) is 0 Å². The molecule has 4 atom stereocenters. The maximum Gasteiger partial charge on any atom is 0.407 e. The largest absolute Gasteiger partial charge is 0.492 e. The first-order valence-electron chi connectivity index (χ1n) is 17.8. The number of carbonyl (C=O) groups excluding carboxylic acids is 4. The van der Waals surface area contributed by atoms with Crippen molar-refractivity contribution in [2.45, 2.75) is 31.3 Å². The van der Waals surface area contributed by atoms with Crippen molar-refractivity contribution in [3.05, 3.63) is 169 Å². The summed E-state index contributed by atoms with van der Waals surface area (Å²) in [5.41, 5.74) is 15.9. The number of aryl methyl sites for hydroxylation is 1. The number of para-hydroxylation sites is 2. The summed E-state index contributed by atoms with van der Waals surface area (Å²) in [7, 11) is 0. The predicted octanol–water partition coefficient (Wildman–Crippen LogP) is 7.96. The molecule has 0 bridgehead atoms. The van der Waals surface area contributed by atoms with Crippen molar-refractivity contribution in [2.75, 3.05) is 13.2 Å². The van der Waals surface area contributed by atoms with Gasteiger partial charge in [-0.25, -0.2) is 19.2 Å². The minimum atomic E-state index is -1.60. The molecule has 0 radical (unpaired) electrons. The standard InChI is InChI=1S/C45H42N2O10/c1-4-40(48)54-42(56-44(46)50)36(27-52-38-22-14-12-20-33(38)30-16-8-6-9-17-30)32-25-24-29(3)35(26-32)37(43(57-45(47)51)55-41(49)5-2)28-53-39-23-15-13-21-34(39)31-18-10-7-11-19-31/h4-26,36-37,42-43H,1-2,27-28H2,3H3,(H2,46,50)(H2,47,51). The van der Waals surface area contributed by atoms with Crippen LogP contribution in [0.4, 0.5) is 9.59 Å². The fraction of sp³-hybridized carbons (Fsp3) is 0.156. The zero-order valence-electron chi connectivity index (χ0n) is 31.2. The zero-order valence-corrected chi connectivity index (χ0v) is 31.2. The normalized spacial score (nSPS) is 12.7. The fourth-order valence-electron chi connectivity index (χ4n) is 6.12. The molecule has 0 saturated carbocycles. The lowest BCUT2D eigenvalue weighted by Gasteiger charge is -2.30. The molecule has 0 aliphatic carbocycles. The first-order chi connectivity index (χ1) is 27.6. The second kappa shape index (κ2) is 19.8. The van der Waals surface area contributed by atoms with Crippen LogP contribution in [0.15, 0.2) is 153 Å². The fourth-order valence-corrected chi connectivity index (χ4v) is 6.12. The molecule has 4 unspecified atom stereocenters. The van der Waals surface area contributed by atoms with Gasteiger partial charge in [0.1, 0.15) is 24.7 Å². The third-order valence-corrected chi connectivity index (χ3v) is 8.83. The maximum atomic E-state index is 12.6. The van der Waals surface area contributed by atoms with Gasteiger partial charge in [0.15, 0.2) is 0 Å². The third kappa shape index (κ3) is 11.1. The molecule has 5 aromatic carbocycles. The third-order valence-electron chi connectivity index (χ3n) is 8.83. The summed E-state index contributed by atoms with van der Waals surface area (Å²) in [5.74, 6) is -2.83. The van der Waals surface area contributed by atoms with E-state index in [4.69, 9.17) is 39.9 Å². The van der Waals surface area contributed by atoms with E-state index in [9.17, 15) is 19.2 Å². The molecule has 0 heterocycles. The van der Waals surface area contributed by atoms with Gasteiger partial charge in [-0.3, -0.25) is 0 Å². The van der Waals surface area contributed by atoms with Crippen LogP contribution in [-0.4, -0.2) is 49.9 Å². The van der Waals surface area contributed by atoms with Gasteiger partial charge in [-0.15, -0.1) is 0 Å². The van der Waals surface area contributed by atoms with E-state index >= 15 is 0 Å². The number of benzene rings is 5. The van der Waals surface area contributed by atoms with Crippen LogP contribution in [0.1, 0.15) is 28.5 Å². The quantitative estimate of drug-likeness (QED) is 0.0505. The Morgan fingerprint density at radius 3 is 1.44 bits per heavy atom. The Morgan fingerprint density at radius 2 is 0.982 bits per heavy atom. The van der Waals surface area contributed by atoms with Gasteiger partial charge in [-0.05, 0) is 46.9 Å². The highest BCUT2D eigenvalue weighted by molar-refractivity contribution is 5.82. The summed E-state index contributed by atoms with van der Waals surface area (Å²) in [5, 5.41) is 0. The number of ether oxygens (including phenoxy) is 6. The molecular formula is C45H42N2O10. The lowest BCUT2D eigenvalue weighted by atomic mass is 9.88. The molecule has 12 nitrogen and oxygen atoms in total. The van der Waals surface area contributed by atoms with Gasteiger partial charge < -0.3 is 39.9 Å². The van der Waals surface area contributed by atoms with Gasteiger partial charge in [0.25, 0.3) is 12.6 Å². The van der Waals surface area contributed by atoms with Crippen LogP contribution < -0.4 is 20.9 Å². The number of carbonyl (C=O) groups is 4. The van der Waals surface area contributed by atoms with Gasteiger partial charge in [0, 0.05) is 23.3 Å². The molecule has 0 fully saturated rings. The van der Waals surface area contributed by atoms with E-state index in [1.807, 2.05) is 91.0 Å². The summed E-state index contributed by atoms with van der Waals surface area (Å²) in [6, 6.07) is 39.0. The van der Waals surface area contributed by atoms with Crippen molar-refractivity contribution < 1.29 is 47.6 Å². The smallest absolute Gasteiger partial charge is 0.407 e. The molecule has 0 spiro atoms. The van der Waals surface area contributed by atoms with Crippen molar-refractivity contribution in [2.24, 2.45) is 11.5 Å². The van der Waals surface area contributed by atoms with Gasteiger partial charge in [0.05, 0.1) is 11.8 Å². The van der Waals surface area contributed by atoms with Gasteiger partial charge in [-0.2, -0.15) is 0 Å². The Labute approximate surface area is 330 Å². The number of hydrogen-bond acceptors (Lipinski definition) is 10. The average molecular weight is 771 g/mol. The predicted molar refractivity (Wildman–Crippen MR) is 213 cm³/mol. The summed E-state index contributed by atoms with van der Waals surface area (Å²) < 4.78 is 34.7. The highest BCUT2D eigenvalue weighted by Gasteiger charge is 2.35. The Hall–Kier alpha value is -7.34. The number of primary amides is 2. The first kappa shape index (κ1) is 40.8. The molecule has 0 aliphatic heterocycles. The van der Waals surface area contributed by atoms with Crippen LogP contribution in [-0.2, 0) is 28.5 Å². The Morgan fingerprint density at radius 1 is 0.561 bits per heavy atom. The topological polar surface area (TPSA) is 176 Å². The summed E-state index contributed by atoms with van der Waals surface area (Å²) in [6.45, 7) is 8.33.